The molecule has 0 aliphatic rings. The van der Waals surface area contributed by atoms with Crippen LogP contribution in [0.25, 0.3) is 0 Å². The average molecular weight is 220 g/mol. The highest BCUT2D eigenvalue weighted by atomic mass is 32.1. The van der Waals surface area contributed by atoms with Gasteiger partial charge in [-0.25, -0.2) is 4.39 Å². The average Bonchev–Trinajstić information content (AvgIpc) is 2.24. The lowest BCUT2D eigenvalue weighted by Gasteiger charge is -2.06. The van der Waals surface area contributed by atoms with Crippen molar-refractivity contribution in [3.05, 3.63) is 54.3 Å². The maximum atomic E-state index is 13.4. The van der Waals surface area contributed by atoms with Crippen LogP contribution in [0.5, 0.6) is 11.5 Å². The van der Waals surface area contributed by atoms with Crippen molar-refractivity contribution in [2.45, 2.75) is 4.90 Å². The van der Waals surface area contributed by atoms with E-state index in [-0.39, 0.29) is 5.75 Å². The van der Waals surface area contributed by atoms with Gasteiger partial charge >= 0.3 is 0 Å². The highest BCUT2D eigenvalue weighted by Gasteiger charge is 2.04. The molecule has 0 amide bonds. The zero-order valence-electron chi connectivity index (χ0n) is 7.85. The topological polar surface area (TPSA) is 9.23 Å². The predicted octanol–water partition coefficient (Wildman–Crippen LogP) is 3.91. The molecule has 2 aromatic carbocycles. The van der Waals surface area contributed by atoms with Gasteiger partial charge < -0.3 is 4.74 Å². The van der Waals surface area contributed by atoms with Gasteiger partial charge in [0.25, 0.3) is 0 Å². The van der Waals surface area contributed by atoms with Crippen LogP contribution in [-0.4, -0.2) is 0 Å². The first-order valence-corrected chi connectivity index (χ1v) is 4.92. The van der Waals surface area contributed by atoms with E-state index in [2.05, 4.69) is 12.6 Å². The number of para-hydroxylation sites is 1. The minimum Gasteiger partial charge on any atom is -0.454 e. The fourth-order valence-corrected chi connectivity index (χ4v) is 1.38. The van der Waals surface area contributed by atoms with Crippen molar-refractivity contribution in [3.63, 3.8) is 0 Å². The molecule has 76 valence electrons. The summed E-state index contributed by atoms with van der Waals surface area (Å²) in [4.78, 5) is 0.577. The third kappa shape index (κ3) is 2.50. The zero-order chi connectivity index (χ0) is 10.7. The first-order valence-electron chi connectivity index (χ1n) is 4.47. The van der Waals surface area contributed by atoms with Gasteiger partial charge in [0.2, 0.25) is 0 Å². The van der Waals surface area contributed by atoms with Crippen LogP contribution in [0.3, 0.4) is 0 Å². The second-order valence-electron chi connectivity index (χ2n) is 3.03. The lowest BCUT2D eigenvalue weighted by molar-refractivity contribution is 0.441. The van der Waals surface area contributed by atoms with Gasteiger partial charge in [0.15, 0.2) is 11.6 Å². The highest BCUT2D eigenvalue weighted by molar-refractivity contribution is 7.80. The SMILES string of the molecule is Fc1cc(S)ccc1Oc1ccccc1. The Kier molecular flexibility index (Phi) is 2.92. The lowest BCUT2D eigenvalue weighted by atomic mass is 10.3. The molecule has 0 atom stereocenters. The summed E-state index contributed by atoms with van der Waals surface area (Å²) in [6.45, 7) is 0. The molecule has 0 aromatic heterocycles. The summed E-state index contributed by atoms with van der Waals surface area (Å²) in [5, 5.41) is 0. The van der Waals surface area contributed by atoms with E-state index in [1.54, 1.807) is 24.3 Å². The molecular formula is C12H9FOS. The van der Waals surface area contributed by atoms with Gasteiger partial charge in [0.1, 0.15) is 5.75 Å². The summed E-state index contributed by atoms with van der Waals surface area (Å²) in [7, 11) is 0. The molecule has 0 fully saturated rings. The number of halogens is 1. The number of rotatable bonds is 2. The Labute approximate surface area is 92.9 Å². The van der Waals surface area contributed by atoms with Gasteiger partial charge in [0.05, 0.1) is 0 Å². The van der Waals surface area contributed by atoms with Crippen LogP contribution in [0.15, 0.2) is 53.4 Å². The van der Waals surface area contributed by atoms with Crippen molar-refractivity contribution in [1.29, 1.82) is 0 Å². The molecule has 0 saturated carbocycles. The van der Waals surface area contributed by atoms with E-state index in [4.69, 9.17) is 4.74 Å². The van der Waals surface area contributed by atoms with Gasteiger partial charge in [-0.1, -0.05) is 18.2 Å². The predicted molar refractivity (Wildman–Crippen MR) is 60.2 cm³/mol. The Bertz CT molecular complexity index is 456. The number of benzene rings is 2. The number of hydrogen-bond donors (Lipinski definition) is 1. The fourth-order valence-electron chi connectivity index (χ4n) is 1.19. The van der Waals surface area contributed by atoms with Crippen LogP contribution < -0.4 is 4.74 Å². The van der Waals surface area contributed by atoms with Crippen molar-refractivity contribution < 1.29 is 9.13 Å². The zero-order valence-corrected chi connectivity index (χ0v) is 8.75. The Balaban J connectivity index is 2.25. The summed E-state index contributed by atoms with van der Waals surface area (Å²) >= 11 is 4.03. The lowest BCUT2D eigenvalue weighted by Crippen LogP contribution is -1.87. The van der Waals surface area contributed by atoms with Crippen molar-refractivity contribution in [1.82, 2.24) is 0 Å². The maximum absolute atomic E-state index is 13.4. The third-order valence-electron chi connectivity index (χ3n) is 1.89. The fraction of sp³-hybridized carbons (Fsp3) is 0. The summed E-state index contributed by atoms with van der Waals surface area (Å²) in [6.07, 6.45) is 0. The van der Waals surface area contributed by atoms with Gasteiger partial charge in [-0.2, -0.15) is 0 Å². The van der Waals surface area contributed by atoms with Crippen molar-refractivity contribution in [2.24, 2.45) is 0 Å². The Hall–Kier alpha value is -1.48. The van der Waals surface area contributed by atoms with Gasteiger partial charge in [-0.05, 0) is 30.3 Å². The number of thiol groups is 1. The third-order valence-corrected chi connectivity index (χ3v) is 2.16. The van der Waals surface area contributed by atoms with Crippen molar-refractivity contribution in [2.75, 3.05) is 0 Å². The second kappa shape index (κ2) is 4.36. The maximum Gasteiger partial charge on any atom is 0.166 e. The first kappa shape index (κ1) is 10.1. The Morgan fingerprint density at radius 2 is 1.73 bits per heavy atom. The molecular weight excluding hydrogens is 211 g/mol. The van der Waals surface area contributed by atoms with Crippen molar-refractivity contribution in [3.8, 4) is 11.5 Å². The quantitative estimate of drug-likeness (QED) is 0.755. The van der Waals surface area contributed by atoms with E-state index in [9.17, 15) is 4.39 Å². The summed E-state index contributed by atoms with van der Waals surface area (Å²) in [5.74, 6) is 0.411. The van der Waals surface area contributed by atoms with Gasteiger partial charge in [0, 0.05) is 4.90 Å². The molecule has 2 rings (SSSR count). The molecule has 2 aromatic rings. The molecule has 0 aliphatic heterocycles. The van der Waals surface area contributed by atoms with Crippen molar-refractivity contribution >= 4 is 12.6 Å². The molecule has 0 unspecified atom stereocenters. The number of hydrogen-bond acceptors (Lipinski definition) is 2. The van der Waals surface area contributed by atoms with Crippen LogP contribution in [0, 0.1) is 5.82 Å². The molecule has 0 bridgehead atoms. The Morgan fingerprint density at radius 1 is 1.00 bits per heavy atom. The molecule has 0 N–H and O–H groups in total. The summed E-state index contributed by atoms with van der Waals surface area (Å²) in [5.41, 5.74) is 0. The van der Waals surface area contributed by atoms with Crippen LogP contribution >= 0.6 is 12.6 Å². The van der Waals surface area contributed by atoms with Crippen LogP contribution in [0.4, 0.5) is 4.39 Å². The molecule has 0 heterocycles. The van der Waals surface area contributed by atoms with E-state index in [0.29, 0.717) is 10.6 Å². The molecule has 3 heteroatoms. The monoisotopic (exact) mass is 220 g/mol. The molecule has 0 radical (unpaired) electrons. The molecule has 0 saturated heterocycles. The van der Waals surface area contributed by atoms with E-state index in [1.807, 2.05) is 18.2 Å². The molecule has 15 heavy (non-hydrogen) atoms. The minimum atomic E-state index is -0.411. The molecule has 1 nitrogen and oxygen atoms in total. The Morgan fingerprint density at radius 3 is 2.40 bits per heavy atom. The van der Waals surface area contributed by atoms with E-state index in [1.165, 1.54) is 6.07 Å². The second-order valence-corrected chi connectivity index (χ2v) is 3.55. The van der Waals surface area contributed by atoms with Gasteiger partial charge in [-0.3, -0.25) is 0 Å². The largest absolute Gasteiger partial charge is 0.454 e. The van der Waals surface area contributed by atoms with E-state index >= 15 is 0 Å². The first-order chi connectivity index (χ1) is 7.25. The molecule has 0 aliphatic carbocycles. The standard InChI is InChI=1S/C12H9FOS/c13-11-8-10(15)6-7-12(11)14-9-4-2-1-3-5-9/h1-8,15H. The molecule has 0 spiro atoms. The number of ether oxygens (including phenoxy) is 1. The van der Waals surface area contributed by atoms with Crippen LogP contribution in [0.2, 0.25) is 0 Å². The van der Waals surface area contributed by atoms with Crippen LogP contribution in [0.1, 0.15) is 0 Å². The van der Waals surface area contributed by atoms with Crippen LogP contribution in [-0.2, 0) is 0 Å². The van der Waals surface area contributed by atoms with Gasteiger partial charge in [-0.15, -0.1) is 12.6 Å². The summed E-state index contributed by atoms with van der Waals surface area (Å²) < 4.78 is 18.7. The normalized spacial score (nSPS) is 10.0. The van der Waals surface area contributed by atoms with E-state index < -0.39 is 5.82 Å². The smallest absolute Gasteiger partial charge is 0.166 e. The van der Waals surface area contributed by atoms with E-state index in [0.717, 1.165) is 0 Å². The highest BCUT2D eigenvalue weighted by Crippen LogP contribution is 2.25. The minimum absolute atomic E-state index is 0.207. The summed E-state index contributed by atoms with van der Waals surface area (Å²) in [6, 6.07) is 13.7.